The van der Waals surface area contributed by atoms with E-state index in [-0.39, 0.29) is 11.9 Å². The van der Waals surface area contributed by atoms with E-state index in [9.17, 15) is 4.79 Å². The zero-order chi connectivity index (χ0) is 15.4. The summed E-state index contributed by atoms with van der Waals surface area (Å²) in [7, 11) is 0. The van der Waals surface area contributed by atoms with Crippen LogP contribution in [0.1, 0.15) is 36.2 Å². The van der Waals surface area contributed by atoms with Crippen molar-refractivity contribution in [3.63, 3.8) is 0 Å². The minimum Gasteiger partial charge on any atom is -0.353 e. The number of benzene rings is 1. The number of hydrogen-bond donors (Lipinski definition) is 1. The molecule has 0 saturated heterocycles. The molecule has 0 aliphatic carbocycles. The maximum absolute atomic E-state index is 12.1. The molecule has 1 aromatic carbocycles. The minimum absolute atomic E-state index is 0.142. The van der Waals surface area contributed by atoms with Gasteiger partial charge in [0.15, 0.2) is 0 Å². The molecule has 1 atom stereocenters. The van der Waals surface area contributed by atoms with Gasteiger partial charge in [-0.3, -0.25) is 4.79 Å². The number of carbonyl (C=O) groups excluding carboxylic acids is 1. The predicted octanol–water partition coefficient (Wildman–Crippen LogP) is 2.04. The fourth-order valence-corrected chi connectivity index (χ4v) is 2.86. The van der Waals surface area contributed by atoms with E-state index in [1.165, 1.54) is 11.1 Å². The Morgan fingerprint density at radius 3 is 2.95 bits per heavy atom. The van der Waals surface area contributed by atoms with E-state index >= 15 is 0 Å². The van der Waals surface area contributed by atoms with E-state index in [0.29, 0.717) is 6.42 Å². The zero-order valence-electron chi connectivity index (χ0n) is 13.0. The van der Waals surface area contributed by atoms with Crippen LogP contribution in [0.15, 0.2) is 30.6 Å². The Morgan fingerprint density at radius 2 is 2.14 bits per heavy atom. The van der Waals surface area contributed by atoms with Crippen LogP contribution in [0.4, 0.5) is 0 Å². The summed E-state index contributed by atoms with van der Waals surface area (Å²) in [4.78, 5) is 12.1. The monoisotopic (exact) mass is 298 g/mol. The average molecular weight is 298 g/mol. The standard InChI is InChI=1S/C17H22N4O/c1-13-2-4-14(5-3-13)6-9-17(22)19-15-7-8-16-20-18-12-21(16)11-10-15/h2-5,12,15H,6-11H2,1H3,(H,19,22). The Labute approximate surface area is 130 Å². The van der Waals surface area contributed by atoms with E-state index < -0.39 is 0 Å². The fraction of sp³-hybridized carbons (Fsp3) is 0.471. The summed E-state index contributed by atoms with van der Waals surface area (Å²) < 4.78 is 2.08. The first-order valence-corrected chi connectivity index (χ1v) is 7.92. The van der Waals surface area contributed by atoms with Crippen LogP contribution in [-0.2, 0) is 24.2 Å². The molecule has 22 heavy (non-hydrogen) atoms. The lowest BCUT2D eigenvalue weighted by Crippen LogP contribution is -2.35. The van der Waals surface area contributed by atoms with Gasteiger partial charge in [0.25, 0.3) is 0 Å². The third-order valence-electron chi connectivity index (χ3n) is 4.26. The van der Waals surface area contributed by atoms with Crippen LogP contribution >= 0.6 is 0 Å². The predicted molar refractivity (Wildman–Crippen MR) is 84.4 cm³/mol. The molecule has 0 bridgehead atoms. The molecule has 2 heterocycles. The molecule has 1 aliphatic rings. The Kier molecular flexibility index (Phi) is 4.51. The topological polar surface area (TPSA) is 59.8 Å². The summed E-state index contributed by atoms with van der Waals surface area (Å²) >= 11 is 0. The minimum atomic E-state index is 0.142. The fourth-order valence-electron chi connectivity index (χ4n) is 2.86. The number of amides is 1. The number of hydrogen-bond acceptors (Lipinski definition) is 3. The lowest BCUT2D eigenvalue weighted by atomic mass is 10.1. The molecular weight excluding hydrogens is 276 g/mol. The van der Waals surface area contributed by atoms with Gasteiger partial charge < -0.3 is 9.88 Å². The number of nitrogens with zero attached hydrogens (tertiary/aromatic N) is 3. The van der Waals surface area contributed by atoms with E-state index in [4.69, 9.17) is 0 Å². The Hall–Kier alpha value is -2.17. The average Bonchev–Trinajstić information content (AvgIpc) is 2.89. The van der Waals surface area contributed by atoms with Crippen LogP contribution in [0, 0.1) is 6.92 Å². The van der Waals surface area contributed by atoms with Crippen molar-refractivity contribution < 1.29 is 4.79 Å². The first-order valence-electron chi connectivity index (χ1n) is 7.92. The number of rotatable bonds is 4. The van der Waals surface area contributed by atoms with Crippen molar-refractivity contribution in [1.82, 2.24) is 20.1 Å². The highest BCUT2D eigenvalue weighted by atomic mass is 16.1. The molecule has 5 heteroatoms. The third-order valence-corrected chi connectivity index (χ3v) is 4.26. The summed E-state index contributed by atoms with van der Waals surface area (Å²) in [5, 5.41) is 11.2. The highest BCUT2D eigenvalue weighted by Gasteiger charge is 2.18. The molecule has 1 aromatic heterocycles. The highest BCUT2D eigenvalue weighted by Crippen LogP contribution is 2.13. The molecule has 0 saturated carbocycles. The zero-order valence-corrected chi connectivity index (χ0v) is 13.0. The van der Waals surface area contributed by atoms with Crippen molar-refractivity contribution in [2.24, 2.45) is 0 Å². The first kappa shape index (κ1) is 14.8. The van der Waals surface area contributed by atoms with Crippen molar-refractivity contribution in [1.29, 1.82) is 0 Å². The molecule has 0 radical (unpaired) electrons. The Bertz CT molecular complexity index is 610. The van der Waals surface area contributed by atoms with Crippen LogP contribution in [-0.4, -0.2) is 26.7 Å². The van der Waals surface area contributed by atoms with Crippen LogP contribution in [0.2, 0.25) is 0 Å². The smallest absolute Gasteiger partial charge is 0.220 e. The number of carbonyl (C=O) groups is 1. The summed E-state index contributed by atoms with van der Waals surface area (Å²) in [6.45, 7) is 2.95. The van der Waals surface area contributed by atoms with E-state index in [0.717, 1.165) is 38.1 Å². The summed E-state index contributed by atoms with van der Waals surface area (Å²) in [5.41, 5.74) is 2.46. The van der Waals surface area contributed by atoms with E-state index in [1.807, 2.05) is 0 Å². The number of fused-ring (bicyclic) bond motifs is 1. The molecule has 3 rings (SSSR count). The van der Waals surface area contributed by atoms with Gasteiger partial charge in [-0.1, -0.05) is 29.8 Å². The largest absolute Gasteiger partial charge is 0.353 e. The Balaban J connectivity index is 1.46. The van der Waals surface area contributed by atoms with Gasteiger partial charge in [0.05, 0.1) is 0 Å². The molecule has 5 nitrogen and oxygen atoms in total. The van der Waals surface area contributed by atoms with Crippen LogP contribution in [0.5, 0.6) is 0 Å². The number of nitrogens with one attached hydrogen (secondary N) is 1. The van der Waals surface area contributed by atoms with Gasteiger partial charge in [-0.2, -0.15) is 0 Å². The van der Waals surface area contributed by atoms with Crippen molar-refractivity contribution in [3.8, 4) is 0 Å². The maximum atomic E-state index is 12.1. The van der Waals surface area contributed by atoms with Crippen molar-refractivity contribution in [2.45, 2.75) is 51.6 Å². The molecular formula is C17H22N4O. The second-order valence-corrected chi connectivity index (χ2v) is 6.02. The third kappa shape index (κ3) is 3.72. The lowest BCUT2D eigenvalue weighted by Gasteiger charge is -2.16. The molecule has 0 spiro atoms. The molecule has 2 aromatic rings. The number of aryl methyl sites for hydroxylation is 4. The van der Waals surface area contributed by atoms with Gasteiger partial charge in [-0.15, -0.1) is 10.2 Å². The van der Waals surface area contributed by atoms with Crippen LogP contribution in [0.3, 0.4) is 0 Å². The lowest BCUT2D eigenvalue weighted by molar-refractivity contribution is -0.121. The molecule has 116 valence electrons. The quantitative estimate of drug-likeness (QED) is 0.939. The van der Waals surface area contributed by atoms with Gasteiger partial charge in [0, 0.05) is 25.4 Å². The molecule has 1 aliphatic heterocycles. The van der Waals surface area contributed by atoms with Crippen LogP contribution < -0.4 is 5.32 Å². The van der Waals surface area contributed by atoms with E-state index in [1.54, 1.807) is 6.33 Å². The van der Waals surface area contributed by atoms with Gasteiger partial charge in [-0.25, -0.2) is 0 Å². The molecule has 0 fully saturated rings. The van der Waals surface area contributed by atoms with Gasteiger partial charge in [-0.05, 0) is 31.7 Å². The SMILES string of the molecule is Cc1ccc(CCC(=O)NC2CCc3nncn3CC2)cc1. The highest BCUT2D eigenvalue weighted by molar-refractivity contribution is 5.76. The second-order valence-electron chi connectivity index (χ2n) is 6.02. The maximum Gasteiger partial charge on any atom is 0.220 e. The molecule has 1 unspecified atom stereocenters. The molecule has 1 N–H and O–H groups in total. The van der Waals surface area contributed by atoms with Crippen LogP contribution in [0.25, 0.3) is 0 Å². The van der Waals surface area contributed by atoms with Crippen molar-refractivity contribution in [2.75, 3.05) is 0 Å². The van der Waals surface area contributed by atoms with E-state index in [2.05, 4.69) is 51.3 Å². The summed E-state index contributed by atoms with van der Waals surface area (Å²) in [5.74, 6) is 1.17. The van der Waals surface area contributed by atoms with Gasteiger partial charge >= 0.3 is 0 Å². The molecule has 1 amide bonds. The van der Waals surface area contributed by atoms with Crippen molar-refractivity contribution in [3.05, 3.63) is 47.5 Å². The van der Waals surface area contributed by atoms with Crippen molar-refractivity contribution >= 4 is 5.91 Å². The Morgan fingerprint density at radius 1 is 1.32 bits per heavy atom. The van der Waals surface area contributed by atoms with Gasteiger partial charge in [0.1, 0.15) is 12.2 Å². The van der Waals surface area contributed by atoms with Gasteiger partial charge in [0.2, 0.25) is 5.91 Å². The first-order chi connectivity index (χ1) is 10.7. The summed E-state index contributed by atoms with van der Waals surface area (Å²) in [6.07, 6.45) is 5.88. The second kappa shape index (κ2) is 6.73. The normalized spacial score (nSPS) is 17.6. The number of aromatic nitrogens is 3. The summed E-state index contributed by atoms with van der Waals surface area (Å²) in [6, 6.07) is 8.62.